The molecule has 6 heteroatoms. The third kappa shape index (κ3) is 3.31. The molecule has 1 N–H and O–H groups in total. The second kappa shape index (κ2) is 7.20. The summed E-state index contributed by atoms with van der Waals surface area (Å²) in [5.41, 5.74) is 4.66. The lowest BCUT2D eigenvalue weighted by molar-refractivity contribution is 0.439. The molecule has 28 heavy (non-hydrogen) atoms. The van der Waals surface area contributed by atoms with Gasteiger partial charge in [-0.2, -0.15) is 4.98 Å². The van der Waals surface area contributed by atoms with Crippen LogP contribution in [-0.2, 0) is 25.9 Å². The Morgan fingerprint density at radius 3 is 2.79 bits per heavy atom. The van der Waals surface area contributed by atoms with Crippen LogP contribution in [0.5, 0.6) is 11.6 Å². The van der Waals surface area contributed by atoms with Crippen molar-refractivity contribution in [2.45, 2.75) is 25.9 Å². The Morgan fingerprint density at radius 1 is 1.00 bits per heavy atom. The van der Waals surface area contributed by atoms with Crippen LogP contribution in [-0.4, -0.2) is 23.1 Å². The Labute approximate surface area is 163 Å². The molecule has 0 bridgehead atoms. The van der Waals surface area contributed by atoms with Crippen molar-refractivity contribution in [3.63, 3.8) is 0 Å². The summed E-state index contributed by atoms with van der Waals surface area (Å²) >= 11 is 0. The average molecular weight is 376 g/mol. The summed E-state index contributed by atoms with van der Waals surface area (Å²) in [6, 6.07) is 14.7. The van der Waals surface area contributed by atoms with Gasteiger partial charge in [0.1, 0.15) is 11.6 Å². The van der Waals surface area contributed by atoms with Gasteiger partial charge in [0, 0.05) is 38.7 Å². The topological polar surface area (TPSA) is 50.3 Å². The first-order valence-electron chi connectivity index (χ1n) is 9.62. The molecule has 2 aliphatic heterocycles. The van der Waals surface area contributed by atoms with Crippen LogP contribution in [0.3, 0.4) is 0 Å². The number of ether oxygens (including phenoxy) is 1. The summed E-state index contributed by atoms with van der Waals surface area (Å²) in [4.78, 5) is 11.8. The predicted octanol–water partition coefficient (Wildman–Crippen LogP) is 3.62. The number of benzene rings is 2. The fraction of sp³-hybridized carbons (Fsp3) is 0.273. The second-order valence-corrected chi connectivity index (χ2v) is 7.18. The minimum absolute atomic E-state index is 0.327. The highest BCUT2D eigenvalue weighted by molar-refractivity contribution is 5.46. The maximum atomic E-state index is 13.6. The molecule has 2 aliphatic rings. The molecule has 3 heterocycles. The molecule has 3 aromatic rings. The molecule has 0 spiro atoms. The van der Waals surface area contributed by atoms with Gasteiger partial charge in [0.2, 0.25) is 11.8 Å². The molecule has 0 aliphatic carbocycles. The molecule has 142 valence electrons. The molecule has 2 aromatic carbocycles. The lowest BCUT2D eigenvalue weighted by atomic mass is 10.0. The van der Waals surface area contributed by atoms with E-state index in [9.17, 15) is 4.39 Å². The van der Waals surface area contributed by atoms with Gasteiger partial charge in [-0.3, -0.25) is 0 Å². The first kappa shape index (κ1) is 17.1. The third-order valence-electron chi connectivity index (χ3n) is 5.31. The van der Waals surface area contributed by atoms with Gasteiger partial charge >= 0.3 is 0 Å². The van der Waals surface area contributed by atoms with Crippen LogP contribution in [0.2, 0.25) is 0 Å². The van der Waals surface area contributed by atoms with E-state index < -0.39 is 0 Å². The molecule has 5 nitrogen and oxygen atoms in total. The molecular weight excluding hydrogens is 355 g/mol. The lowest BCUT2D eigenvalue weighted by Gasteiger charge is -2.30. The summed E-state index contributed by atoms with van der Waals surface area (Å²) < 4.78 is 19.6. The molecule has 0 amide bonds. The van der Waals surface area contributed by atoms with Crippen LogP contribution in [0.4, 0.5) is 10.3 Å². The standard InChI is InChI=1S/C22H21FN4O/c23-17-6-3-7-18(12-17)28-21-19-13-24-10-8-20(19)25-22(26-21)27-11-9-15-4-1-2-5-16(15)14-27/h1-7,12,24H,8-11,13-14H2. The van der Waals surface area contributed by atoms with Gasteiger partial charge in [-0.1, -0.05) is 30.3 Å². The van der Waals surface area contributed by atoms with E-state index in [1.54, 1.807) is 12.1 Å². The predicted molar refractivity (Wildman–Crippen MR) is 105 cm³/mol. The van der Waals surface area contributed by atoms with Crippen molar-refractivity contribution in [2.24, 2.45) is 0 Å². The number of fused-ring (bicyclic) bond motifs is 2. The van der Waals surface area contributed by atoms with Crippen LogP contribution >= 0.6 is 0 Å². The average Bonchev–Trinajstić information content (AvgIpc) is 2.73. The van der Waals surface area contributed by atoms with E-state index in [1.165, 1.54) is 23.3 Å². The molecule has 1 aromatic heterocycles. The Morgan fingerprint density at radius 2 is 1.89 bits per heavy atom. The van der Waals surface area contributed by atoms with Crippen molar-refractivity contribution < 1.29 is 9.13 Å². The number of anilines is 1. The first-order valence-corrected chi connectivity index (χ1v) is 9.62. The first-order chi connectivity index (χ1) is 13.8. The molecule has 0 unspecified atom stereocenters. The Hall–Kier alpha value is -2.99. The molecule has 5 rings (SSSR count). The minimum atomic E-state index is -0.327. The van der Waals surface area contributed by atoms with Crippen molar-refractivity contribution in [1.82, 2.24) is 15.3 Å². The van der Waals surface area contributed by atoms with Crippen LogP contribution in [0, 0.1) is 5.82 Å². The maximum Gasteiger partial charge on any atom is 0.229 e. The normalized spacial score (nSPS) is 15.7. The monoisotopic (exact) mass is 376 g/mol. The Bertz CT molecular complexity index is 1020. The SMILES string of the molecule is Fc1cccc(Oc2nc(N3CCc4ccccc4C3)nc3c2CNCC3)c1. The molecular formula is C22H21FN4O. The van der Waals surface area contributed by atoms with Gasteiger partial charge in [-0.25, -0.2) is 9.37 Å². The third-order valence-corrected chi connectivity index (χ3v) is 5.31. The fourth-order valence-electron chi connectivity index (χ4n) is 3.83. The van der Waals surface area contributed by atoms with Gasteiger partial charge in [-0.15, -0.1) is 0 Å². The van der Waals surface area contributed by atoms with Crippen LogP contribution in [0.1, 0.15) is 22.4 Å². The fourth-order valence-corrected chi connectivity index (χ4v) is 3.83. The van der Waals surface area contributed by atoms with Gasteiger partial charge in [0.15, 0.2) is 0 Å². The Balaban J connectivity index is 1.51. The van der Waals surface area contributed by atoms with E-state index in [0.29, 0.717) is 24.1 Å². The number of aromatic nitrogens is 2. The molecule has 0 radical (unpaired) electrons. The number of nitrogens with zero attached hydrogens (tertiary/aromatic N) is 3. The van der Waals surface area contributed by atoms with E-state index in [2.05, 4.69) is 34.5 Å². The summed E-state index contributed by atoms with van der Waals surface area (Å²) in [5, 5.41) is 3.34. The van der Waals surface area contributed by atoms with Crippen molar-refractivity contribution in [1.29, 1.82) is 0 Å². The van der Waals surface area contributed by atoms with Crippen molar-refractivity contribution in [3.05, 3.63) is 76.7 Å². The number of halogens is 1. The van der Waals surface area contributed by atoms with E-state index in [1.807, 2.05) is 0 Å². The summed E-state index contributed by atoms with van der Waals surface area (Å²) in [6.07, 6.45) is 1.80. The number of hydrogen-bond acceptors (Lipinski definition) is 5. The second-order valence-electron chi connectivity index (χ2n) is 7.18. The van der Waals surface area contributed by atoms with Gasteiger partial charge in [0.25, 0.3) is 0 Å². The van der Waals surface area contributed by atoms with Crippen molar-refractivity contribution >= 4 is 5.95 Å². The zero-order chi connectivity index (χ0) is 18.9. The number of hydrogen-bond donors (Lipinski definition) is 1. The van der Waals surface area contributed by atoms with E-state index in [4.69, 9.17) is 14.7 Å². The number of nitrogens with one attached hydrogen (secondary N) is 1. The smallest absolute Gasteiger partial charge is 0.229 e. The van der Waals surface area contributed by atoms with Gasteiger partial charge in [-0.05, 0) is 29.7 Å². The highest BCUT2D eigenvalue weighted by atomic mass is 19.1. The largest absolute Gasteiger partial charge is 0.438 e. The molecule has 0 saturated heterocycles. The van der Waals surface area contributed by atoms with Gasteiger partial charge < -0.3 is 15.0 Å². The Kier molecular flexibility index (Phi) is 4.41. The number of rotatable bonds is 3. The molecule has 0 saturated carbocycles. The van der Waals surface area contributed by atoms with Crippen LogP contribution in [0.25, 0.3) is 0 Å². The van der Waals surface area contributed by atoms with E-state index in [-0.39, 0.29) is 5.82 Å². The van der Waals surface area contributed by atoms with Crippen LogP contribution < -0.4 is 15.0 Å². The zero-order valence-corrected chi connectivity index (χ0v) is 15.5. The van der Waals surface area contributed by atoms with Crippen LogP contribution in [0.15, 0.2) is 48.5 Å². The molecule has 0 atom stereocenters. The van der Waals surface area contributed by atoms with Crippen molar-refractivity contribution in [2.75, 3.05) is 18.0 Å². The van der Waals surface area contributed by atoms with Crippen molar-refractivity contribution in [3.8, 4) is 11.6 Å². The summed E-state index contributed by atoms with van der Waals surface area (Å²) in [5.74, 6) is 1.31. The quantitative estimate of drug-likeness (QED) is 0.757. The van der Waals surface area contributed by atoms with E-state index >= 15 is 0 Å². The highest BCUT2D eigenvalue weighted by Gasteiger charge is 2.24. The lowest BCUT2D eigenvalue weighted by Crippen LogP contribution is -2.33. The highest BCUT2D eigenvalue weighted by Crippen LogP contribution is 2.31. The van der Waals surface area contributed by atoms with Gasteiger partial charge in [0.05, 0.1) is 11.3 Å². The maximum absolute atomic E-state index is 13.6. The summed E-state index contributed by atoms with van der Waals surface area (Å²) in [7, 11) is 0. The molecule has 0 fully saturated rings. The minimum Gasteiger partial charge on any atom is -0.438 e. The zero-order valence-electron chi connectivity index (χ0n) is 15.5. The summed E-state index contributed by atoms with van der Waals surface area (Å²) in [6.45, 7) is 3.19. The van der Waals surface area contributed by atoms with E-state index in [0.717, 1.165) is 43.7 Å².